The lowest BCUT2D eigenvalue weighted by atomic mass is 9.99. The molecule has 0 aromatic carbocycles. The Balaban J connectivity index is 2.79. The van der Waals surface area contributed by atoms with Gasteiger partial charge in [-0.15, -0.1) is 0 Å². The van der Waals surface area contributed by atoms with Gasteiger partial charge in [-0.2, -0.15) is 0 Å². The zero-order chi connectivity index (χ0) is 10.2. The summed E-state index contributed by atoms with van der Waals surface area (Å²) in [5.41, 5.74) is -2.15. The maximum atomic E-state index is 9.29. The highest BCUT2D eigenvalue weighted by Gasteiger charge is 2.49. The molecule has 5 N–H and O–H groups in total. The van der Waals surface area contributed by atoms with Crippen LogP contribution in [0.4, 0.5) is 0 Å². The summed E-state index contributed by atoms with van der Waals surface area (Å²) >= 11 is 0. The van der Waals surface area contributed by atoms with Crippen LogP contribution in [0.1, 0.15) is 0 Å². The van der Waals surface area contributed by atoms with E-state index in [1.54, 1.807) is 0 Å². The van der Waals surface area contributed by atoms with E-state index < -0.39 is 36.4 Å². The summed E-state index contributed by atoms with van der Waals surface area (Å²) in [6.45, 7) is -0.572. The molecule has 3 radical (unpaired) electrons. The Morgan fingerprint density at radius 3 is 2.23 bits per heavy atom. The van der Waals surface area contributed by atoms with E-state index in [1.807, 2.05) is 0 Å². The van der Waals surface area contributed by atoms with Crippen molar-refractivity contribution in [1.29, 1.82) is 0 Å². The number of hydrogen-bond donors (Lipinski definition) is 5. The maximum Gasteiger partial charge on any atom is 0.169 e. The molecule has 5 atom stereocenters. The van der Waals surface area contributed by atoms with Gasteiger partial charge in [0.25, 0.3) is 0 Å². The Morgan fingerprint density at radius 2 is 1.77 bits per heavy atom. The summed E-state index contributed by atoms with van der Waals surface area (Å²) in [5, 5.41) is 45.6. The molecule has 0 amide bonds. The second kappa shape index (κ2) is 3.62. The van der Waals surface area contributed by atoms with Crippen LogP contribution < -0.4 is 0 Å². The summed E-state index contributed by atoms with van der Waals surface area (Å²) in [6, 6.07) is 0. The van der Waals surface area contributed by atoms with Crippen LogP contribution in [0.3, 0.4) is 0 Å². The van der Waals surface area contributed by atoms with Crippen LogP contribution in [0, 0.1) is 0 Å². The number of rotatable bonds is 1. The van der Waals surface area contributed by atoms with Gasteiger partial charge in [-0.1, -0.05) is 0 Å². The zero-order valence-electron chi connectivity index (χ0n) is 6.66. The van der Waals surface area contributed by atoms with Gasteiger partial charge in [-0.05, 0) is 0 Å². The second-order valence-corrected chi connectivity index (χ2v) is 3.68. The Labute approximate surface area is 77.8 Å². The van der Waals surface area contributed by atoms with Crippen molar-refractivity contribution in [3.05, 3.63) is 0 Å². The highest BCUT2D eigenvalue weighted by atomic mass is 28.1. The monoisotopic (exact) mass is 207 g/mol. The molecular weight excluding hydrogens is 196 g/mol. The molecule has 0 aromatic heterocycles. The van der Waals surface area contributed by atoms with E-state index in [-0.39, 0.29) is 0 Å². The summed E-state index contributed by atoms with van der Waals surface area (Å²) in [6.07, 6.45) is -5.83. The standard InChI is InChI=1S/C6H11O6Si/c7-1-2-3(8)4(9)5(10)6(11,13)12-2/h2-5,7-11H,1H2/t2-,3-,4+,5-,6?/m1/s1. The molecule has 75 valence electrons. The van der Waals surface area contributed by atoms with Crippen LogP contribution in [-0.2, 0) is 4.74 Å². The molecule has 0 aromatic rings. The van der Waals surface area contributed by atoms with E-state index in [0.717, 1.165) is 0 Å². The van der Waals surface area contributed by atoms with Crippen LogP contribution in [0.25, 0.3) is 0 Å². The van der Waals surface area contributed by atoms with E-state index in [0.29, 0.717) is 0 Å². The fourth-order valence-corrected chi connectivity index (χ4v) is 1.48. The molecular formula is C6H11O6Si. The first-order chi connectivity index (χ1) is 5.90. The summed E-state index contributed by atoms with van der Waals surface area (Å²) in [4.78, 5) is 0. The number of ether oxygens (including phenoxy) is 1. The molecule has 0 bridgehead atoms. The molecule has 13 heavy (non-hydrogen) atoms. The van der Waals surface area contributed by atoms with Gasteiger partial charge in [-0.3, -0.25) is 0 Å². The third-order valence-corrected chi connectivity index (χ3v) is 2.38. The Kier molecular flexibility index (Phi) is 3.07. The van der Waals surface area contributed by atoms with Crippen molar-refractivity contribution in [2.75, 3.05) is 6.61 Å². The van der Waals surface area contributed by atoms with E-state index >= 15 is 0 Å². The lowest BCUT2D eigenvalue weighted by Gasteiger charge is -2.43. The quantitative estimate of drug-likeness (QED) is 0.283. The molecule has 0 aliphatic carbocycles. The fourth-order valence-electron chi connectivity index (χ4n) is 1.15. The Bertz CT molecular complexity index is 184. The molecule has 1 heterocycles. The molecule has 1 rings (SSSR count). The van der Waals surface area contributed by atoms with Crippen molar-refractivity contribution < 1.29 is 30.3 Å². The molecule has 1 fully saturated rings. The van der Waals surface area contributed by atoms with E-state index in [2.05, 4.69) is 15.0 Å². The van der Waals surface area contributed by atoms with Gasteiger partial charge in [0.15, 0.2) is 5.41 Å². The fraction of sp³-hybridized carbons (Fsp3) is 1.00. The van der Waals surface area contributed by atoms with Crippen molar-refractivity contribution in [3.63, 3.8) is 0 Å². The molecule has 1 unspecified atom stereocenters. The topological polar surface area (TPSA) is 110 Å². The van der Waals surface area contributed by atoms with Crippen LogP contribution in [0.2, 0.25) is 0 Å². The van der Waals surface area contributed by atoms with Crippen molar-refractivity contribution in [2.45, 2.75) is 29.8 Å². The van der Waals surface area contributed by atoms with E-state index in [1.165, 1.54) is 0 Å². The molecule has 1 aliphatic heterocycles. The SMILES string of the molecule is OC[C@H]1OC(O)([Si])[C@H](O)[C@@H](O)[C@@H]1O. The second-order valence-electron chi connectivity index (χ2n) is 2.96. The van der Waals surface area contributed by atoms with Gasteiger partial charge >= 0.3 is 0 Å². The molecule has 0 saturated carbocycles. The molecule has 7 heteroatoms. The largest absolute Gasteiger partial charge is 0.394 e. The predicted octanol–water partition coefficient (Wildman–Crippen LogP) is -3.73. The number of aliphatic hydroxyl groups is 5. The zero-order valence-corrected chi connectivity index (χ0v) is 7.66. The number of hydrogen-bond acceptors (Lipinski definition) is 6. The van der Waals surface area contributed by atoms with Gasteiger partial charge in [0.1, 0.15) is 34.7 Å². The lowest BCUT2D eigenvalue weighted by Crippen LogP contribution is -2.65. The Morgan fingerprint density at radius 1 is 1.23 bits per heavy atom. The third kappa shape index (κ3) is 1.91. The maximum absolute atomic E-state index is 9.29. The van der Waals surface area contributed by atoms with Crippen LogP contribution in [0.15, 0.2) is 0 Å². The molecule has 1 saturated heterocycles. The molecule has 0 spiro atoms. The van der Waals surface area contributed by atoms with Gasteiger partial charge in [0.05, 0.1) is 6.61 Å². The van der Waals surface area contributed by atoms with Crippen LogP contribution in [-0.4, -0.2) is 72.2 Å². The van der Waals surface area contributed by atoms with Gasteiger partial charge in [0, 0.05) is 0 Å². The minimum atomic E-state index is -2.15. The van der Waals surface area contributed by atoms with Crippen molar-refractivity contribution in [1.82, 2.24) is 0 Å². The van der Waals surface area contributed by atoms with Gasteiger partial charge in [0.2, 0.25) is 0 Å². The first-order valence-electron chi connectivity index (χ1n) is 3.70. The average Bonchev–Trinajstić information content (AvgIpc) is 2.08. The van der Waals surface area contributed by atoms with Gasteiger partial charge < -0.3 is 30.3 Å². The minimum Gasteiger partial charge on any atom is -0.394 e. The minimum absolute atomic E-state index is 0.572. The number of aliphatic hydroxyl groups excluding tert-OH is 4. The summed E-state index contributed by atoms with van der Waals surface area (Å²) < 4.78 is 4.68. The first kappa shape index (κ1) is 11.1. The van der Waals surface area contributed by atoms with E-state index in [9.17, 15) is 20.4 Å². The highest BCUT2D eigenvalue weighted by molar-refractivity contribution is 6.13. The van der Waals surface area contributed by atoms with E-state index in [4.69, 9.17) is 5.11 Å². The summed E-state index contributed by atoms with van der Waals surface area (Å²) in [5.74, 6) is 0. The third-order valence-electron chi connectivity index (χ3n) is 1.97. The lowest BCUT2D eigenvalue weighted by molar-refractivity contribution is -0.310. The normalized spacial score (nSPS) is 52.2. The average molecular weight is 207 g/mol. The van der Waals surface area contributed by atoms with Crippen molar-refractivity contribution in [2.24, 2.45) is 0 Å². The Hall–Kier alpha value is -0.0231. The smallest absolute Gasteiger partial charge is 0.169 e. The molecule has 1 aliphatic rings. The highest BCUT2D eigenvalue weighted by Crippen LogP contribution is 2.25. The van der Waals surface area contributed by atoms with Crippen LogP contribution >= 0.6 is 0 Å². The summed E-state index contributed by atoms with van der Waals surface area (Å²) in [7, 11) is 2.66. The molecule has 6 nitrogen and oxygen atoms in total. The predicted molar refractivity (Wildman–Crippen MR) is 40.7 cm³/mol. The first-order valence-corrected chi connectivity index (χ1v) is 4.20. The van der Waals surface area contributed by atoms with Gasteiger partial charge in [-0.25, -0.2) is 0 Å². The van der Waals surface area contributed by atoms with Crippen molar-refractivity contribution in [3.8, 4) is 0 Å². The van der Waals surface area contributed by atoms with Crippen molar-refractivity contribution >= 4 is 10.2 Å². The van der Waals surface area contributed by atoms with Crippen LogP contribution in [0.5, 0.6) is 0 Å².